The summed E-state index contributed by atoms with van der Waals surface area (Å²) < 4.78 is 108. The SMILES string of the molecule is CCOP(=O)(OCC)C(OC(=O)C(F)(F)F)c1ccc(Nc2ncc(C(F)(F)F)c(Nc3ccccc3C(=O)NC)n2)cc1. The summed E-state index contributed by atoms with van der Waals surface area (Å²) in [4.78, 5) is 31.4. The molecule has 0 aliphatic carbocycles. The van der Waals surface area contributed by atoms with E-state index in [0.717, 1.165) is 12.1 Å². The maximum atomic E-state index is 13.8. The van der Waals surface area contributed by atoms with Gasteiger partial charge in [0, 0.05) is 24.5 Å². The molecule has 0 aliphatic rings. The molecule has 1 heterocycles. The predicted molar refractivity (Wildman–Crippen MR) is 146 cm³/mol. The van der Waals surface area contributed by atoms with Crippen molar-refractivity contribution in [2.45, 2.75) is 32.0 Å². The van der Waals surface area contributed by atoms with E-state index in [9.17, 15) is 40.5 Å². The third kappa shape index (κ3) is 8.45. The van der Waals surface area contributed by atoms with Crippen LogP contribution >= 0.6 is 7.60 Å². The van der Waals surface area contributed by atoms with Gasteiger partial charge in [0.25, 0.3) is 5.91 Å². The molecule has 44 heavy (non-hydrogen) atoms. The highest BCUT2D eigenvalue weighted by Gasteiger charge is 2.48. The third-order valence-corrected chi connectivity index (χ3v) is 7.77. The first kappa shape index (κ1) is 34.3. The number of hydrogen-bond donors (Lipinski definition) is 3. The van der Waals surface area contributed by atoms with Gasteiger partial charge in [0.1, 0.15) is 11.4 Å². The van der Waals surface area contributed by atoms with Crippen molar-refractivity contribution in [2.75, 3.05) is 30.9 Å². The highest BCUT2D eigenvalue weighted by molar-refractivity contribution is 7.54. The minimum atomic E-state index is -5.41. The van der Waals surface area contributed by atoms with Crippen molar-refractivity contribution in [1.82, 2.24) is 15.3 Å². The lowest BCUT2D eigenvalue weighted by molar-refractivity contribution is -0.202. The predicted octanol–water partition coefficient (Wildman–Crippen LogP) is 6.71. The lowest BCUT2D eigenvalue weighted by Crippen LogP contribution is -2.27. The van der Waals surface area contributed by atoms with E-state index in [0.29, 0.717) is 6.20 Å². The molecule has 238 valence electrons. The Morgan fingerprint density at radius 1 is 0.932 bits per heavy atom. The van der Waals surface area contributed by atoms with Crippen molar-refractivity contribution < 1.29 is 54.3 Å². The van der Waals surface area contributed by atoms with Gasteiger partial charge in [-0.05, 0) is 38.1 Å². The standard InChI is InChI=1S/C26H26F6N5O6P/c1-4-41-44(40,42-5-2)22(43-23(39)26(30,31)32)15-10-12-16(13-11-15)35-24-34-14-18(25(27,28)29)20(37-24)36-19-9-7-6-8-17(19)21(38)33-3/h6-14,22H,4-5H2,1-3H3,(H,33,38)(H2,34,35,36,37). The number of benzene rings is 2. The van der Waals surface area contributed by atoms with E-state index < -0.39 is 49.1 Å². The fraction of sp³-hybridized carbons (Fsp3) is 0.308. The van der Waals surface area contributed by atoms with Crippen molar-refractivity contribution in [3.05, 3.63) is 71.4 Å². The van der Waals surface area contributed by atoms with Crippen molar-refractivity contribution in [3.8, 4) is 0 Å². The maximum Gasteiger partial charge on any atom is 0.490 e. The Hall–Kier alpha value is -4.21. The zero-order valence-electron chi connectivity index (χ0n) is 23.2. The largest absolute Gasteiger partial charge is 0.490 e. The number of rotatable bonds is 12. The molecule has 18 heteroatoms. The lowest BCUT2D eigenvalue weighted by atomic mass is 10.1. The van der Waals surface area contributed by atoms with Crippen molar-refractivity contribution >= 4 is 42.6 Å². The Kier molecular flexibility index (Phi) is 10.9. The molecule has 0 aliphatic heterocycles. The van der Waals surface area contributed by atoms with Crippen LogP contribution in [-0.2, 0) is 29.3 Å². The van der Waals surface area contributed by atoms with Crippen molar-refractivity contribution in [3.63, 3.8) is 0 Å². The Morgan fingerprint density at radius 2 is 1.55 bits per heavy atom. The van der Waals surface area contributed by atoms with Gasteiger partial charge in [-0.25, -0.2) is 9.78 Å². The summed E-state index contributed by atoms with van der Waals surface area (Å²) in [6.45, 7) is 2.33. The van der Waals surface area contributed by atoms with Crippen LogP contribution in [0, 0.1) is 0 Å². The van der Waals surface area contributed by atoms with Crippen LogP contribution in [0.25, 0.3) is 0 Å². The molecule has 0 fully saturated rings. The molecule has 1 unspecified atom stereocenters. The number of esters is 1. The summed E-state index contributed by atoms with van der Waals surface area (Å²) in [7, 11) is -3.11. The molecule has 0 saturated heterocycles. The van der Waals surface area contributed by atoms with E-state index in [4.69, 9.17) is 9.05 Å². The Labute approximate surface area is 246 Å². The van der Waals surface area contributed by atoms with Crippen molar-refractivity contribution in [1.29, 1.82) is 0 Å². The van der Waals surface area contributed by atoms with E-state index in [-0.39, 0.29) is 41.7 Å². The van der Waals surface area contributed by atoms with Gasteiger partial charge in [0.05, 0.1) is 24.5 Å². The molecule has 0 saturated carbocycles. The van der Waals surface area contributed by atoms with E-state index in [1.165, 1.54) is 57.3 Å². The molecule has 3 rings (SSSR count). The second-order valence-electron chi connectivity index (χ2n) is 8.58. The number of carbonyl (C=O) groups is 2. The van der Waals surface area contributed by atoms with E-state index in [1.54, 1.807) is 0 Å². The molecule has 0 spiro atoms. The molecule has 3 N–H and O–H groups in total. The monoisotopic (exact) mass is 649 g/mol. The molecule has 2 aromatic carbocycles. The minimum absolute atomic E-state index is 0.0267. The van der Waals surface area contributed by atoms with Crippen LogP contribution in [-0.4, -0.2) is 48.3 Å². The molecular weight excluding hydrogens is 623 g/mol. The lowest BCUT2D eigenvalue weighted by Gasteiger charge is -2.26. The highest BCUT2D eigenvalue weighted by atomic mass is 31.2. The fourth-order valence-corrected chi connectivity index (χ4v) is 5.50. The van der Waals surface area contributed by atoms with Crippen LogP contribution in [0.3, 0.4) is 0 Å². The number of anilines is 4. The number of nitrogens with one attached hydrogen (secondary N) is 3. The highest BCUT2D eigenvalue weighted by Crippen LogP contribution is 2.61. The number of halogens is 6. The van der Waals surface area contributed by atoms with E-state index >= 15 is 0 Å². The van der Waals surface area contributed by atoms with Crippen LogP contribution in [0.4, 0.5) is 49.5 Å². The number of nitrogens with zero attached hydrogens (tertiary/aromatic N) is 2. The van der Waals surface area contributed by atoms with Crippen LogP contribution in [0.15, 0.2) is 54.7 Å². The molecule has 11 nitrogen and oxygen atoms in total. The van der Waals surface area contributed by atoms with Gasteiger partial charge in [0.15, 0.2) is 0 Å². The van der Waals surface area contributed by atoms with Gasteiger partial charge >= 0.3 is 25.9 Å². The van der Waals surface area contributed by atoms with Gasteiger partial charge in [-0.15, -0.1) is 0 Å². The second-order valence-corrected chi connectivity index (χ2v) is 10.6. The maximum absolute atomic E-state index is 13.8. The average Bonchev–Trinajstić information content (AvgIpc) is 2.95. The topological polar surface area (TPSA) is 141 Å². The first-order valence-electron chi connectivity index (χ1n) is 12.7. The van der Waals surface area contributed by atoms with Gasteiger partial charge in [-0.3, -0.25) is 9.36 Å². The number of hydrogen-bond acceptors (Lipinski definition) is 10. The molecule has 1 atom stereocenters. The quantitative estimate of drug-likeness (QED) is 0.110. The van der Waals surface area contributed by atoms with Crippen LogP contribution < -0.4 is 16.0 Å². The zero-order valence-corrected chi connectivity index (χ0v) is 24.1. The minimum Gasteiger partial charge on any atom is -0.438 e. The van der Waals surface area contributed by atoms with Gasteiger partial charge in [0.2, 0.25) is 11.8 Å². The first-order valence-corrected chi connectivity index (χ1v) is 14.3. The first-order chi connectivity index (χ1) is 20.6. The summed E-state index contributed by atoms with van der Waals surface area (Å²) in [6, 6.07) is 10.6. The normalized spacial score (nSPS) is 12.8. The Bertz CT molecular complexity index is 1510. The van der Waals surface area contributed by atoms with Crippen LogP contribution in [0.1, 0.15) is 41.2 Å². The van der Waals surface area contributed by atoms with Crippen LogP contribution in [0.5, 0.6) is 0 Å². The van der Waals surface area contributed by atoms with Gasteiger partial charge in [-0.2, -0.15) is 31.3 Å². The van der Waals surface area contributed by atoms with Gasteiger partial charge < -0.3 is 29.7 Å². The number of aromatic nitrogens is 2. The number of ether oxygens (including phenoxy) is 1. The second kappa shape index (κ2) is 14.1. The summed E-state index contributed by atoms with van der Waals surface area (Å²) >= 11 is 0. The molecule has 1 aromatic heterocycles. The summed E-state index contributed by atoms with van der Waals surface area (Å²) in [5, 5.41) is 7.55. The summed E-state index contributed by atoms with van der Waals surface area (Å²) in [6.07, 6.45) is -9.76. The molecule has 1 amide bonds. The Balaban J connectivity index is 1.96. The zero-order chi connectivity index (χ0) is 32.7. The van der Waals surface area contributed by atoms with E-state index in [2.05, 4.69) is 30.7 Å². The Morgan fingerprint density at radius 3 is 2.09 bits per heavy atom. The smallest absolute Gasteiger partial charge is 0.438 e. The van der Waals surface area contributed by atoms with Crippen molar-refractivity contribution in [2.24, 2.45) is 0 Å². The molecular formula is C26H26F6N5O6P. The van der Waals surface area contributed by atoms with Gasteiger partial charge in [-0.1, -0.05) is 24.3 Å². The fourth-order valence-electron chi connectivity index (χ4n) is 3.67. The molecule has 0 bridgehead atoms. The van der Waals surface area contributed by atoms with E-state index in [1.807, 2.05) is 0 Å². The number of carbonyl (C=O) groups excluding carboxylic acids is 2. The van der Waals surface area contributed by atoms with Crippen LogP contribution in [0.2, 0.25) is 0 Å². The molecule has 3 aromatic rings. The number of alkyl halides is 6. The number of amides is 1. The molecule has 0 radical (unpaired) electrons. The average molecular weight is 649 g/mol. The number of para-hydroxylation sites is 1. The third-order valence-electron chi connectivity index (χ3n) is 5.55. The summed E-state index contributed by atoms with van der Waals surface area (Å²) in [5.41, 5.74) is -1.22. The summed E-state index contributed by atoms with van der Waals surface area (Å²) in [5.74, 6) is -6.30.